The Morgan fingerprint density at radius 1 is 1.33 bits per heavy atom. The third-order valence-electron chi connectivity index (χ3n) is 2.83. The van der Waals surface area contributed by atoms with Crippen molar-refractivity contribution >= 4 is 22.4 Å². The average molecular weight is 323 g/mol. The molecule has 0 aliphatic rings. The van der Waals surface area contributed by atoms with Gasteiger partial charge in [-0.3, -0.25) is 8.78 Å². The summed E-state index contributed by atoms with van der Waals surface area (Å²) in [6, 6.07) is 7.30. The van der Waals surface area contributed by atoms with Crippen molar-refractivity contribution in [2.75, 3.05) is 6.26 Å². The molecule has 0 fully saturated rings. The molecule has 0 saturated carbocycles. The normalized spacial score (nSPS) is 12.5. The van der Waals surface area contributed by atoms with Crippen LogP contribution in [0.25, 0.3) is 11.3 Å². The summed E-state index contributed by atoms with van der Waals surface area (Å²) in [5.74, 6) is 1.14. The first-order valence-electron chi connectivity index (χ1n) is 6.05. The predicted molar refractivity (Wildman–Crippen MR) is 78.4 cm³/mol. The van der Waals surface area contributed by atoms with Crippen LogP contribution in [0.4, 0.5) is 0 Å². The van der Waals surface area contributed by atoms with Crippen LogP contribution in [-0.2, 0) is 17.3 Å². The molecular formula is C13H11ClN4O2S. The monoisotopic (exact) mass is 322 g/mol. The van der Waals surface area contributed by atoms with E-state index in [1.165, 1.54) is 6.33 Å². The molecular weight excluding hydrogens is 312 g/mol. The lowest BCUT2D eigenvalue weighted by atomic mass is 10.2. The summed E-state index contributed by atoms with van der Waals surface area (Å²) >= 11 is 5.85. The van der Waals surface area contributed by atoms with Crippen molar-refractivity contribution in [3.05, 3.63) is 47.7 Å². The maximum atomic E-state index is 11.5. The Morgan fingerprint density at radius 2 is 2.10 bits per heavy atom. The van der Waals surface area contributed by atoms with Gasteiger partial charge >= 0.3 is 0 Å². The van der Waals surface area contributed by atoms with Crippen molar-refractivity contribution in [1.82, 2.24) is 19.7 Å². The SMILES string of the molecule is C[S@](=O)c1nncn1Cc1ncc(-c2ccc(Cl)cc2)o1. The van der Waals surface area contributed by atoms with Gasteiger partial charge in [0.2, 0.25) is 11.0 Å². The number of halogens is 1. The zero-order valence-corrected chi connectivity index (χ0v) is 12.6. The van der Waals surface area contributed by atoms with Crippen LogP contribution in [0, 0.1) is 0 Å². The van der Waals surface area contributed by atoms with Crippen molar-refractivity contribution in [3.63, 3.8) is 0 Å². The molecule has 1 atom stereocenters. The summed E-state index contributed by atoms with van der Waals surface area (Å²) in [6.07, 6.45) is 4.70. The molecule has 8 heteroatoms. The number of nitrogens with zero attached hydrogens (tertiary/aromatic N) is 4. The molecule has 0 spiro atoms. The topological polar surface area (TPSA) is 73.8 Å². The predicted octanol–water partition coefficient (Wildman–Crippen LogP) is 2.37. The molecule has 2 aromatic heterocycles. The van der Waals surface area contributed by atoms with Crippen molar-refractivity contribution in [2.24, 2.45) is 0 Å². The van der Waals surface area contributed by atoms with E-state index >= 15 is 0 Å². The Morgan fingerprint density at radius 3 is 2.81 bits per heavy atom. The zero-order chi connectivity index (χ0) is 14.8. The van der Waals surface area contributed by atoms with Gasteiger partial charge in [-0.25, -0.2) is 4.98 Å². The van der Waals surface area contributed by atoms with Crippen LogP contribution in [0.1, 0.15) is 5.89 Å². The molecule has 2 heterocycles. The van der Waals surface area contributed by atoms with Crippen LogP contribution in [0.5, 0.6) is 0 Å². The molecule has 0 aliphatic carbocycles. The highest BCUT2D eigenvalue weighted by molar-refractivity contribution is 7.84. The van der Waals surface area contributed by atoms with Gasteiger partial charge in [-0.2, -0.15) is 0 Å². The second-order valence-corrected chi connectivity index (χ2v) is 6.03. The first kappa shape index (κ1) is 14.0. The van der Waals surface area contributed by atoms with E-state index in [1.54, 1.807) is 29.2 Å². The van der Waals surface area contributed by atoms with Gasteiger partial charge in [-0.1, -0.05) is 11.6 Å². The van der Waals surface area contributed by atoms with Crippen LogP contribution in [0.15, 0.2) is 46.4 Å². The smallest absolute Gasteiger partial charge is 0.221 e. The second kappa shape index (κ2) is 5.79. The fourth-order valence-corrected chi connectivity index (χ4v) is 2.58. The lowest BCUT2D eigenvalue weighted by molar-refractivity contribution is 0.477. The van der Waals surface area contributed by atoms with E-state index in [2.05, 4.69) is 15.2 Å². The summed E-state index contributed by atoms with van der Waals surface area (Å²) in [5, 5.41) is 8.62. The molecule has 0 radical (unpaired) electrons. The summed E-state index contributed by atoms with van der Waals surface area (Å²) in [6.45, 7) is 0.329. The van der Waals surface area contributed by atoms with Gasteiger partial charge in [0, 0.05) is 16.8 Å². The lowest BCUT2D eigenvalue weighted by Gasteiger charge is -2.00. The van der Waals surface area contributed by atoms with Gasteiger partial charge in [0.1, 0.15) is 12.9 Å². The first-order valence-corrected chi connectivity index (χ1v) is 7.99. The Kier molecular flexibility index (Phi) is 3.85. The van der Waals surface area contributed by atoms with Crippen LogP contribution < -0.4 is 0 Å². The van der Waals surface area contributed by atoms with Crippen LogP contribution in [0.3, 0.4) is 0 Å². The Bertz CT molecular complexity index is 782. The molecule has 0 saturated heterocycles. The zero-order valence-electron chi connectivity index (χ0n) is 11.1. The quantitative estimate of drug-likeness (QED) is 0.737. The third-order valence-corrected chi connectivity index (χ3v) is 3.91. The second-order valence-electron chi connectivity index (χ2n) is 4.32. The molecule has 1 aromatic carbocycles. The minimum absolute atomic E-state index is 0.329. The van der Waals surface area contributed by atoms with Crippen molar-refractivity contribution in [2.45, 2.75) is 11.7 Å². The molecule has 3 rings (SSSR count). The Hall–Kier alpha value is -1.99. The number of hydrogen-bond donors (Lipinski definition) is 0. The molecule has 0 unspecified atom stereocenters. The van der Waals surface area contributed by atoms with E-state index in [0.717, 1.165) is 5.56 Å². The molecule has 6 nitrogen and oxygen atoms in total. The molecule has 108 valence electrons. The van der Waals surface area contributed by atoms with Gasteiger partial charge in [-0.15, -0.1) is 10.2 Å². The minimum atomic E-state index is -1.21. The summed E-state index contributed by atoms with van der Waals surface area (Å²) in [4.78, 5) is 4.22. The van der Waals surface area contributed by atoms with E-state index in [1.807, 2.05) is 12.1 Å². The van der Waals surface area contributed by atoms with Crippen LogP contribution >= 0.6 is 11.6 Å². The van der Waals surface area contributed by atoms with Crippen molar-refractivity contribution in [3.8, 4) is 11.3 Å². The largest absolute Gasteiger partial charge is 0.439 e. The molecule has 0 N–H and O–H groups in total. The van der Waals surface area contributed by atoms with E-state index < -0.39 is 10.8 Å². The van der Waals surface area contributed by atoms with Crippen molar-refractivity contribution in [1.29, 1.82) is 0 Å². The summed E-state index contributed by atoms with van der Waals surface area (Å²) in [5.41, 5.74) is 0.890. The van der Waals surface area contributed by atoms with E-state index in [0.29, 0.717) is 28.4 Å². The Labute approximate surface area is 128 Å². The fourth-order valence-electron chi connectivity index (χ4n) is 1.85. The minimum Gasteiger partial charge on any atom is -0.439 e. The summed E-state index contributed by atoms with van der Waals surface area (Å²) in [7, 11) is -1.21. The lowest BCUT2D eigenvalue weighted by Crippen LogP contribution is -2.05. The number of aromatic nitrogens is 4. The van der Waals surface area contributed by atoms with Gasteiger partial charge in [0.05, 0.1) is 17.0 Å². The van der Waals surface area contributed by atoms with Gasteiger partial charge in [0.25, 0.3) is 0 Å². The van der Waals surface area contributed by atoms with E-state index in [9.17, 15) is 4.21 Å². The first-order chi connectivity index (χ1) is 10.1. The van der Waals surface area contributed by atoms with Crippen molar-refractivity contribution < 1.29 is 8.63 Å². The molecule has 0 bridgehead atoms. The molecule has 0 aliphatic heterocycles. The van der Waals surface area contributed by atoms with Gasteiger partial charge in [-0.05, 0) is 24.3 Å². The molecule has 21 heavy (non-hydrogen) atoms. The highest BCUT2D eigenvalue weighted by Crippen LogP contribution is 2.22. The highest BCUT2D eigenvalue weighted by Gasteiger charge is 2.12. The molecule has 0 amide bonds. The maximum Gasteiger partial charge on any atom is 0.221 e. The summed E-state index contributed by atoms with van der Waals surface area (Å²) < 4.78 is 18.8. The number of oxazole rings is 1. The average Bonchev–Trinajstić information content (AvgIpc) is 3.09. The Balaban J connectivity index is 1.83. The third kappa shape index (κ3) is 3.03. The van der Waals surface area contributed by atoms with Gasteiger partial charge in [0.15, 0.2) is 5.76 Å². The standard InChI is InChI=1S/C13H11ClN4O2S/c1-21(19)13-17-16-8-18(13)7-12-15-6-11(20-12)9-2-4-10(14)5-3-9/h2-6,8H,7H2,1H3/t21-/m0/s1. The van der Waals surface area contributed by atoms with E-state index in [4.69, 9.17) is 16.0 Å². The number of rotatable bonds is 4. The molecule has 3 aromatic rings. The van der Waals surface area contributed by atoms with Crippen LogP contribution in [-0.4, -0.2) is 30.2 Å². The number of benzene rings is 1. The van der Waals surface area contributed by atoms with E-state index in [-0.39, 0.29) is 0 Å². The fraction of sp³-hybridized carbons (Fsp3) is 0.154. The maximum absolute atomic E-state index is 11.5. The van der Waals surface area contributed by atoms with Gasteiger partial charge < -0.3 is 4.42 Å². The van der Waals surface area contributed by atoms with Crippen LogP contribution in [0.2, 0.25) is 5.02 Å². The highest BCUT2D eigenvalue weighted by atomic mass is 35.5. The number of hydrogen-bond acceptors (Lipinski definition) is 5.